The predicted octanol–water partition coefficient (Wildman–Crippen LogP) is 2.24. The van der Waals surface area contributed by atoms with Crippen molar-refractivity contribution in [2.75, 3.05) is 13.7 Å². The molecule has 1 aliphatic heterocycles. The Balaban J connectivity index is 2.22. The van der Waals surface area contributed by atoms with E-state index in [9.17, 15) is 9.59 Å². The largest absolute Gasteiger partial charge is 0.461 e. The minimum atomic E-state index is -0.467. The van der Waals surface area contributed by atoms with Crippen molar-refractivity contribution in [1.82, 2.24) is 14.5 Å². The van der Waals surface area contributed by atoms with Gasteiger partial charge in [-0.15, -0.1) is 0 Å². The van der Waals surface area contributed by atoms with Crippen molar-refractivity contribution in [2.24, 2.45) is 0 Å². The maximum Gasteiger partial charge on any atom is 0.358 e. The highest BCUT2D eigenvalue weighted by Crippen LogP contribution is 2.28. The van der Waals surface area contributed by atoms with Crippen LogP contribution in [0.3, 0.4) is 0 Å². The van der Waals surface area contributed by atoms with Crippen LogP contribution in [0.25, 0.3) is 5.69 Å². The number of ether oxygens (including phenoxy) is 1. The van der Waals surface area contributed by atoms with E-state index in [1.54, 1.807) is 29.8 Å². The molecule has 0 N–H and O–H groups in total. The van der Waals surface area contributed by atoms with Crippen LogP contribution in [0.4, 0.5) is 0 Å². The maximum atomic E-state index is 12.6. The molecule has 2 aromatic rings. The van der Waals surface area contributed by atoms with E-state index in [1.807, 2.05) is 18.2 Å². The van der Waals surface area contributed by atoms with Gasteiger partial charge in [0.15, 0.2) is 5.69 Å². The third-order valence-corrected chi connectivity index (χ3v) is 4.43. The zero-order chi connectivity index (χ0) is 15.9. The van der Waals surface area contributed by atoms with Crippen LogP contribution in [0.1, 0.15) is 33.5 Å². The topological polar surface area (TPSA) is 64.4 Å². The number of nitrogens with zero attached hydrogens (tertiary/aromatic N) is 3. The van der Waals surface area contributed by atoms with Gasteiger partial charge in [0.1, 0.15) is 6.33 Å². The molecular weight excluding hydrogens is 396 g/mol. The number of carbonyl (C=O) groups excluding carboxylic acids is 2. The van der Waals surface area contributed by atoms with Crippen molar-refractivity contribution in [3.8, 4) is 5.69 Å². The second-order valence-electron chi connectivity index (χ2n) is 4.93. The van der Waals surface area contributed by atoms with E-state index in [0.29, 0.717) is 17.8 Å². The lowest BCUT2D eigenvalue weighted by atomic mass is 10.1. The van der Waals surface area contributed by atoms with Crippen molar-refractivity contribution in [3.63, 3.8) is 0 Å². The lowest BCUT2D eigenvalue weighted by Gasteiger charge is -2.15. The van der Waals surface area contributed by atoms with Gasteiger partial charge in [0, 0.05) is 10.6 Å². The number of fused-ring (bicyclic) bond motifs is 3. The van der Waals surface area contributed by atoms with Gasteiger partial charge in [-0.25, -0.2) is 9.78 Å². The van der Waals surface area contributed by atoms with Gasteiger partial charge in [0.25, 0.3) is 5.91 Å². The van der Waals surface area contributed by atoms with E-state index in [-0.39, 0.29) is 18.2 Å². The molecule has 0 atom stereocenters. The Morgan fingerprint density at radius 1 is 1.45 bits per heavy atom. The monoisotopic (exact) mass is 410 g/mol. The fourth-order valence-electron chi connectivity index (χ4n) is 2.51. The molecule has 1 amide bonds. The number of amides is 1. The van der Waals surface area contributed by atoms with Crippen molar-refractivity contribution >= 4 is 34.5 Å². The Labute approximate surface area is 141 Å². The minimum absolute atomic E-state index is 0.0708. The summed E-state index contributed by atoms with van der Waals surface area (Å²) in [6, 6.07) is 5.63. The Morgan fingerprint density at radius 2 is 2.23 bits per heavy atom. The van der Waals surface area contributed by atoms with Crippen LogP contribution in [-0.4, -0.2) is 40.0 Å². The summed E-state index contributed by atoms with van der Waals surface area (Å²) < 4.78 is 7.71. The highest BCUT2D eigenvalue weighted by Gasteiger charge is 2.29. The van der Waals surface area contributed by atoms with Crippen LogP contribution in [0.2, 0.25) is 0 Å². The molecule has 0 saturated heterocycles. The zero-order valence-electron chi connectivity index (χ0n) is 12.2. The van der Waals surface area contributed by atoms with Gasteiger partial charge in [-0.05, 0) is 41.6 Å². The molecule has 0 saturated carbocycles. The van der Waals surface area contributed by atoms with Gasteiger partial charge in [0.2, 0.25) is 0 Å². The number of benzene rings is 1. The molecule has 0 aliphatic carbocycles. The van der Waals surface area contributed by atoms with Crippen LogP contribution >= 0.6 is 22.6 Å². The molecular formula is C15H14IN3O3. The van der Waals surface area contributed by atoms with Crippen LogP contribution < -0.4 is 0 Å². The molecule has 22 heavy (non-hydrogen) atoms. The summed E-state index contributed by atoms with van der Waals surface area (Å²) in [6.45, 7) is 2.34. The summed E-state index contributed by atoms with van der Waals surface area (Å²) in [5.74, 6) is -0.537. The van der Waals surface area contributed by atoms with E-state index in [2.05, 4.69) is 27.6 Å². The summed E-state index contributed by atoms with van der Waals surface area (Å²) in [5.41, 5.74) is 2.28. The quantitative estimate of drug-likeness (QED) is 0.563. The van der Waals surface area contributed by atoms with Gasteiger partial charge in [-0.2, -0.15) is 0 Å². The van der Waals surface area contributed by atoms with E-state index >= 15 is 0 Å². The number of aromatic nitrogens is 2. The number of hydrogen-bond donors (Lipinski definition) is 0. The van der Waals surface area contributed by atoms with Crippen LogP contribution in [0.15, 0.2) is 24.5 Å². The number of imidazole rings is 1. The first-order chi connectivity index (χ1) is 10.5. The first kappa shape index (κ1) is 15.0. The zero-order valence-corrected chi connectivity index (χ0v) is 14.3. The lowest BCUT2D eigenvalue weighted by Crippen LogP contribution is -2.26. The van der Waals surface area contributed by atoms with Crippen LogP contribution in [0, 0.1) is 3.57 Å². The highest BCUT2D eigenvalue weighted by atomic mass is 127. The normalized spacial score (nSPS) is 13.4. The molecule has 1 aromatic carbocycles. The van der Waals surface area contributed by atoms with Gasteiger partial charge in [-0.1, -0.05) is 6.07 Å². The average Bonchev–Trinajstić information content (AvgIpc) is 2.85. The molecule has 1 aliphatic rings. The van der Waals surface area contributed by atoms with E-state index < -0.39 is 5.97 Å². The highest BCUT2D eigenvalue weighted by molar-refractivity contribution is 14.1. The summed E-state index contributed by atoms with van der Waals surface area (Å²) in [7, 11) is 1.72. The molecule has 114 valence electrons. The summed E-state index contributed by atoms with van der Waals surface area (Å²) in [4.78, 5) is 30.4. The number of halogens is 1. The first-order valence-electron chi connectivity index (χ1n) is 6.82. The van der Waals surface area contributed by atoms with Gasteiger partial charge in [0.05, 0.1) is 30.1 Å². The molecule has 0 fully saturated rings. The first-order valence-corrected chi connectivity index (χ1v) is 7.90. The lowest BCUT2D eigenvalue weighted by molar-refractivity contribution is 0.0516. The Bertz CT molecular complexity index is 769. The predicted molar refractivity (Wildman–Crippen MR) is 88.0 cm³/mol. The van der Waals surface area contributed by atoms with Crippen molar-refractivity contribution in [1.29, 1.82) is 0 Å². The van der Waals surface area contributed by atoms with Gasteiger partial charge in [-0.3, -0.25) is 9.36 Å². The van der Waals surface area contributed by atoms with Crippen molar-refractivity contribution < 1.29 is 14.3 Å². The van der Waals surface area contributed by atoms with Crippen LogP contribution in [0.5, 0.6) is 0 Å². The van der Waals surface area contributed by atoms with E-state index in [4.69, 9.17) is 4.74 Å². The third kappa shape index (κ3) is 2.29. The molecule has 6 nitrogen and oxygen atoms in total. The third-order valence-electron chi connectivity index (χ3n) is 3.53. The number of carbonyl (C=O) groups is 2. The SMILES string of the molecule is CCOC(=O)c1ncn2c1CN([11CH3])C(=O)c1c(I)cccc1-2. The molecule has 0 radical (unpaired) electrons. The van der Waals surface area contributed by atoms with Gasteiger partial charge < -0.3 is 9.64 Å². The van der Waals surface area contributed by atoms with Gasteiger partial charge >= 0.3 is 5.97 Å². The Hall–Kier alpha value is -1.90. The minimum Gasteiger partial charge on any atom is -0.461 e. The molecule has 0 bridgehead atoms. The average molecular weight is 410 g/mol. The molecule has 2 heterocycles. The molecule has 7 heteroatoms. The number of hydrogen-bond acceptors (Lipinski definition) is 4. The van der Waals surface area contributed by atoms with E-state index in [0.717, 1.165) is 9.26 Å². The summed E-state index contributed by atoms with van der Waals surface area (Å²) in [6.07, 6.45) is 1.57. The van der Waals surface area contributed by atoms with Crippen molar-refractivity contribution in [2.45, 2.75) is 13.5 Å². The van der Waals surface area contributed by atoms with E-state index in [1.165, 1.54) is 0 Å². The molecule has 0 spiro atoms. The molecule has 3 rings (SSSR count). The Kier molecular flexibility index (Phi) is 3.90. The second kappa shape index (κ2) is 5.71. The maximum absolute atomic E-state index is 12.6. The number of esters is 1. The fraction of sp³-hybridized carbons (Fsp3) is 0.267. The molecule has 0 unspecified atom stereocenters. The van der Waals surface area contributed by atoms with Crippen LogP contribution in [-0.2, 0) is 11.3 Å². The van der Waals surface area contributed by atoms with Crippen molar-refractivity contribution in [3.05, 3.63) is 45.0 Å². The Morgan fingerprint density at radius 3 is 2.95 bits per heavy atom. The second-order valence-corrected chi connectivity index (χ2v) is 6.09. The fourth-order valence-corrected chi connectivity index (χ4v) is 3.23. The standard InChI is InChI=1S/C15H14IN3O3/c1-3-22-15(21)13-11-7-18(2)14(20)12-9(16)5-4-6-10(12)19(11)8-17-13/h4-6,8H,3,7H2,1-2H3/i2-1. The number of rotatable bonds is 2. The molecule has 1 aromatic heterocycles. The summed E-state index contributed by atoms with van der Waals surface area (Å²) >= 11 is 2.15. The summed E-state index contributed by atoms with van der Waals surface area (Å²) in [5, 5.41) is 0. The smallest absolute Gasteiger partial charge is 0.358 e.